The largest absolute Gasteiger partial charge is 0.337 e. The molecule has 0 amide bonds. The van der Waals surface area contributed by atoms with Gasteiger partial charge in [0.2, 0.25) is 11.9 Å². The molecule has 19 heavy (non-hydrogen) atoms. The van der Waals surface area contributed by atoms with Crippen LogP contribution in [0.2, 0.25) is 0 Å². The molecule has 5 nitrogen and oxygen atoms in total. The van der Waals surface area contributed by atoms with E-state index in [4.69, 9.17) is 0 Å². The predicted octanol–water partition coefficient (Wildman–Crippen LogP) is 1.49. The lowest BCUT2D eigenvalue weighted by Gasteiger charge is -2.08. The van der Waals surface area contributed by atoms with Gasteiger partial charge in [0.1, 0.15) is 0 Å². The first-order valence-corrected chi connectivity index (χ1v) is 6.63. The molecule has 96 valence electrons. The van der Waals surface area contributed by atoms with Crippen LogP contribution in [-0.2, 0) is 0 Å². The summed E-state index contributed by atoms with van der Waals surface area (Å²) in [5.41, 5.74) is 2.30. The molecule has 0 unspecified atom stereocenters. The first-order valence-electron chi connectivity index (χ1n) is 6.63. The van der Waals surface area contributed by atoms with Crippen LogP contribution in [-0.4, -0.2) is 41.1 Å². The first kappa shape index (κ1) is 10.7. The molecule has 0 saturated carbocycles. The fraction of sp³-hybridized carbons (Fsp3) is 0.357. The lowest BCUT2D eigenvalue weighted by atomic mass is 10.1. The van der Waals surface area contributed by atoms with Gasteiger partial charge in [0.25, 0.3) is 0 Å². The van der Waals surface area contributed by atoms with E-state index in [0.29, 0.717) is 0 Å². The summed E-state index contributed by atoms with van der Waals surface area (Å²) in [6, 6.07) is 8.33. The molecular formula is C14H15N5. The number of anilines is 2. The second kappa shape index (κ2) is 3.91. The SMILES string of the molecule is Cc1ccc(-c2nc(N3CC3)nc(N3CC3)n2)cc1. The molecule has 1 aromatic heterocycles. The third-order valence-corrected chi connectivity index (χ3v) is 3.38. The third-order valence-electron chi connectivity index (χ3n) is 3.38. The maximum absolute atomic E-state index is 4.58. The summed E-state index contributed by atoms with van der Waals surface area (Å²) in [6.45, 7) is 6.29. The van der Waals surface area contributed by atoms with E-state index < -0.39 is 0 Å². The Labute approximate surface area is 111 Å². The maximum atomic E-state index is 4.58. The summed E-state index contributed by atoms with van der Waals surface area (Å²) in [6.07, 6.45) is 0. The van der Waals surface area contributed by atoms with Gasteiger partial charge in [0.05, 0.1) is 0 Å². The molecule has 0 bridgehead atoms. The van der Waals surface area contributed by atoms with Gasteiger partial charge in [0, 0.05) is 31.7 Å². The monoisotopic (exact) mass is 253 g/mol. The van der Waals surface area contributed by atoms with Gasteiger partial charge in [-0.2, -0.15) is 15.0 Å². The van der Waals surface area contributed by atoms with Crippen molar-refractivity contribution in [3.8, 4) is 11.4 Å². The molecule has 2 aliphatic rings. The fourth-order valence-electron chi connectivity index (χ4n) is 1.97. The lowest BCUT2D eigenvalue weighted by molar-refractivity contribution is 1.01. The van der Waals surface area contributed by atoms with E-state index in [1.807, 2.05) is 0 Å². The fourth-order valence-corrected chi connectivity index (χ4v) is 1.97. The molecule has 0 spiro atoms. The highest BCUT2D eigenvalue weighted by molar-refractivity contribution is 5.60. The zero-order valence-corrected chi connectivity index (χ0v) is 10.9. The van der Waals surface area contributed by atoms with Gasteiger partial charge in [-0.05, 0) is 6.92 Å². The summed E-state index contributed by atoms with van der Waals surface area (Å²) >= 11 is 0. The average Bonchev–Trinajstić information content (AvgIpc) is 3.31. The van der Waals surface area contributed by atoms with Gasteiger partial charge < -0.3 is 9.80 Å². The van der Waals surface area contributed by atoms with Crippen molar-refractivity contribution in [1.29, 1.82) is 0 Å². The molecule has 0 N–H and O–H groups in total. The zero-order valence-electron chi connectivity index (χ0n) is 10.9. The van der Waals surface area contributed by atoms with Crippen molar-refractivity contribution in [1.82, 2.24) is 15.0 Å². The van der Waals surface area contributed by atoms with Crippen LogP contribution in [0, 0.1) is 6.92 Å². The Bertz CT molecular complexity index is 584. The average molecular weight is 253 g/mol. The number of aryl methyl sites for hydroxylation is 1. The predicted molar refractivity (Wildman–Crippen MR) is 74.4 cm³/mol. The van der Waals surface area contributed by atoms with Crippen molar-refractivity contribution in [3.63, 3.8) is 0 Å². The molecule has 2 saturated heterocycles. The standard InChI is InChI=1S/C14H15N5/c1-10-2-4-11(5-3-10)12-15-13(18-6-7-18)17-14(16-12)19-8-9-19/h2-5H,6-9H2,1H3. The van der Waals surface area contributed by atoms with Crippen LogP contribution in [0.1, 0.15) is 5.56 Å². The number of hydrogen-bond donors (Lipinski definition) is 0. The van der Waals surface area contributed by atoms with Crippen LogP contribution < -0.4 is 9.80 Å². The van der Waals surface area contributed by atoms with E-state index in [2.05, 4.69) is 55.9 Å². The van der Waals surface area contributed by atoms with Gasteiger partial charge in [0.15, 0.2) is 5.82 Å². The lowest BCUT2D eigenvalue weighted by Crippen LogP contribution is -2.07. The molecule has 0 atom stereocenters. The van der Waals surface area contributed by atoms with Gasteiger partial charge in [-0.1, -0.05) is 29.8 Å². The molecule has 3 heterocycles. The van der Waals surface area contributed by atoms with Crippen molar-refractivity contribution in [2.45, 2.75) is 6.92 Å². The Morgan fingerprint density at radius 1 is 0.789 bits per heavy atom. The maximum Gasteiger partial charge on any atom is 0.230 e. The summed E-state index contributed by atoms with van der Waals surface area (Å²) in [5.74, 6) is 2.40. The topological polar surface area (TPSA) is 44.7 Å². The van der Waals surface area contributed by atoms with Gasteiger partial charge in [-0.3, -0.25) is 0 Å². The van der Waals surface area contributed by atoms with Crippen molar-refractivity contribution >= 4 is 11.9 Å². The Morgan fingerprint density at radius 2 is 1.32 bits per heavy atom. The van der Waals surface area contributed by atoms with Crippen LogP contribution in [0.5, 0.6) is 0 Å². The van der Waals surface area contributed by atoms with Crippen LogP contribution in [0.3, 0.4) is 0 Å². The Hall–Kier alpha value is -2.17. The minimum absolute atomic E-state index is 0.777. The number of nitrogens with zero attached hydrogens (tertiary/aromatic N) is 5. The van der Waals surface area contributed by atoms with Gasteiger partial charge in [-0.15, -0.1) is 0 Å². The van der Waals surface area contributed by atoms with Gasteiger partial charge >= 0.3 is 0 Å². The first-order chi connectivity index (χ1) is 9.29. The van der Waals surface area contributed by atoms with Crippen LogP contribution >= 0.6 is 0 Å². The Morgan fingerprint density at radius 3 is 1.79 bits per heavy atom. The second-order valence-electron chi connectivity index (χ2n) is 5.10. The minimum Gasteiger partial charge on any atom is -0.337 e. The van der Waals surface area contributed by atoms with E-state index in [1.165, 1.54) is 5.56 Å². The second-order valence-corrected chi connectivity index (χ2v) is 5.10. The summed E-state index contributed by atoms with van der Waals surface area (Å²) in [5, 5.41) is 0. The summed E-state index contributed by atoms with van der Waals surface area (Å²) < 4.78 is 0. The highest BCUT2D eigenvalue weighted by Crippen LogP contribution is 2.26. The van der Waals surface area contributed by atoms with E-state index in [-0.39, 0.29) is 0 Å². The molecular weight excluding hydrogens is 238 g/mol. The molecule has 2 aliphatic heterocycles. The third kappa shape index (κ3) is 2.12. The molecule has 5 heteroatoms. The van der Waals surface area contributed by atoms with Gasteiger partial charge in [-0.25, -0.2) is 0 Å². The van der Waals surface area contributed by atoms with Crippen molar-refractivity contribution in [2.75, 3.05) is 36.0 Å². The molecule has 0 aliphatic carbocycles. The number of benzene rings is 1. The van der Waals surface area contributed by atoms with E-state index >= 15 is 0 Å². The molecule has 1 aromatic carbocycles. The molecule has 4 rings (SSSR count). The number of aromatic nitrogens is 3. The highest BCUT2D eigenvalue weighted by atomic mass is 15.4. The van der Waals surface area contributed by atoms with Crippen molar-refractivity contribution in [3.05, 3.63) is 29.8 Å². The Balaban J connectivity index is 1.79. The zero-order chi connectivity index (χ0) is 12.8. The quantitative estimate of drug-likeness (QED) is 0.775. The Kier molecular flexibility index (Phi) is 2.21. The van der Waals surface area contributed by atoms with E-state index in [1.54, 1.807) is 0 Å². The smallest absolute Gasteiger partial charge is 0.230 e. The van der Waals surface area contributed by atoms with Crippen LogP contribution in [0.25, 0.3) is 11.4 Å². The van der Waals surface area contributed by atoms with Crippen molar-refractivity contribution in [2.24, 2.45) is 0 Å². The summed E-state index contributed by atoms with van der Waals surface area (Å²) in [4.78, 5) is 18.0. The molecule has 2 aromatic rings. The normalized spacial score (nSPS) is 16.7. The molecule has 0 radical (unpaired) electrons. The van der Waals surface area contributed by atoms with E-state index in [0.717, 1.165) is 49.5 Å². The highest BCUT2D eigenvalue weighted by Gasteiger charge is 2.27. The van der Waals surface area contributed by atoms with Crippen LogP contribution in [0.15, 0.2) is 24.3 Å². The number of hydrogen-bond acceptors (Lipinski definition) is 5. The van der Waals surface area contributed by atoms with Crippen LogP contribution in [0.4, 0.5) is 11.9 Å². The van der Waals surface area contributed by atoms with Crippen molar-refractivity contribution < 1.29 is 0 Å². The number of rotatable bonds is 3. The molecule has 2 fully saturated rings. The minimum atomic E-state index is 0.777. The van der Waals surface area contributed by atoms with E-state index in [9.17, 15) is 0 Å². The summed E-state index contributed by atoms with van der Waals surface area (Å²) in [7, 11) is 0.